The van der Waals surface area contributed by atoms with Crippen molar-refractivity contribution in [3.05, 3.63) is 101 Å². The number of carbonyl (C=O) groups is 2. The lowest BCUT2D eigenvalue weighted by molar-refractivity contribution is -0.142. The molecule has 36 heavy (non-hydrogen) atoms. The topological polar surface area (TPSA) is 58.6 Å². The van der Waals surface area contributed by atoms with Gasteiger partial charge in [-0.25, -0.2) is 4.39 Å². The average molecular weight is 491 g/mol. The first-order chi connectivity index (χ1) is 17.4. The molecule has 0 aliphatic carbocycles. The van der Waals surface area contributed by atoms with Gasteiger partial charge in [0.15, 0.2) is 6.61 Å². The molecule has 3 rings (SSSR count). The van der Waals surface area contributed by atoms with Crippen molar-refractivity contribution in [1.29, 1.82) is 0 Å². The highest BCUT2D eigenvalue weighted by Gasteiger charge is 2.30. The molecule has 6 heteroatoms. The lowest BCUT2D eigenvalue weighted by atomic mass is 10.0. The zero-order chi connectivity index (χ0) is 25.9. The fourth-order valence-electron chi connectivity index (χ4n) is 3.88. The summed E-state index contributed by atoms with van der Waals surface area (Å²) >= 11 is 0. The van der Waals surface area contributed by atoms with E-state index >= 15 is 0 Å². The number of amides is 2. The van der Waals surface area contributed by atoms with E-state index in [0.29, 0.717) is 18.7 Å². The van der Waals surface area contributed by atoms with E-state index in [1.54, 1.807) is 17.0 Å². The molecule has 0 saturated carbocycles. The summed E-state index contributed by atoms with van der Waals surface area (Å²) in [6.45, 7) is 6.55. The number of ether oxygens (including phenoxy) is 1. The van der Waals surface area contributed by atoms with Crippen molar-refractivity contribution in [3.63, 3.8) is 0 Å². The number of hydrogen-bond donors (Lipinski definition) is 1. The minimum atomic E-state index is -0.745. The van der Waals surface area contributed by atoms with Crippen LogP contribution in [0.1, 0.15) is 42.0 Å². The fourth-order valence-corrected chi connectivity index (χ4v) is 3.88. The molecule has 190 valence electrons. The molecule has 0 spiro atoms. The molecule has 3 aromatic rings. The Kier molecular flexibility index (Phi) is 10.0. The first-order valence-electron chi connectivity index (χ1n) is 12.4. The van der Waals surface area contributed by atoms with Crippen molar-refractivity contribution in [2.24, 2.45) is 0 Å². The highest BCUT2D eigenvalue weighted by atomic mass is 19.1. The molecule has 0 heterocycles. The van der Waals surface area contributed by atoms with Crippen LogP contribution in [0.15, 0.2) is 72.8 Å². The molecule has 0 radical (unpaired) electrons. The number of benzene rings is 3. The maximum atomic E-state index is 13.6. The van der Waals surface area contributed by atoms with Crippen LogP contribution in [0.5, 0.6) is 5.75 Å². The van der Waals surface area contributed by atoms with Crippen LogP contribution in [0, 0.1) is 19.7 Å². The molecule has 1 N–H and O–H groups in total. The van der Waals surface area contributed by atoms with E-state index in [4.69, 9.17) is 4.74 Å². The van der Waals surface area contributed by atoms with Crippen LogP contribution in [0.2, 0.25) is 0 Å². The Morgan fingerprint density at radius 2 is 1.67 bits per heavy atom. The third-order valence-electron chi connectivity index (χ3n) is 6.21. The monoisotopic (exact) mass is 490 g/mol. The second-order valence-corrected chi connectivity index (χ2v) is 9.03. The number of unbranched alkanes of at least 4 members (excludes halogenated alkanes) is 1. The van der Waals surface area contributed by atoms with Crippen LogP contribution in [0.3, 0.4) is 0 Å². The van der Waals surface area contributed by atoms with Gasteiger partial charge in [-0.3, -0.25) is 9.59 Å². The van der Waals surface area contributed by atoms with Gasteiger partial charge in [0, 0.05) is 19.5 Å². The molecule has 0 aliphatic rings. The summed E-state index contributed by atoms with van der Waals surface area (Å²) in [5, 5.41) is 2.99. The standard InChI is InChI=1S/C30H35FN2O3/c1-4-5-17-32-30(35)28(19-24-9-7-6-8-10-24)33(20-25-12-14-26(31)15-13-25)29(34)21-36-27-16-11-22(2)23(3)18-27/h6-16,18,28H,4-5,17,19-21H2,1-3H3,(H,32,35)/t28-/m1/s1. The summed E-state index contributed by atoms with van der Waals surface area (Å²) in [5.41, 5.74) is 3.88. The molecule has 1 atom stereocenters. The van der Waals surface area contributed by atoms with Gasteiger partial charge in [0.2, 0.25) is 5.91 Å². The lowest BCUT2D eigenvalue weighted by Gasteiger charge is -2.31. The van der Waals surface area contributed by atoms with E-state index in [2.05, 4.69) is 12.2 Å². The number of hydrogen-bond acceptors (Lipinski definition) is 3. The van der Waals surface area contributed by atoms with E-state index in [1.165, 1.54) is 12.1 Å². The molecule has 2 amide bonds. The van der Waals surface area contributed by atoms with Crippen molar-refractivity contribution >= 4 is 11.8 Å². The Labute approximate surface area is 213 Å². The van der Waals surface area contributed by atoms with Crippen LogP contribution < -0.4 is 10.1 Å². The van der Waals surface area contributed by atoms with Crippen molar-refractivity contribution in [3.8, 4) is 5.75 Å². The maximum absolute atomic E-state index is 13.6. The van der Waals surface area contributed by atoms with E-state index in [1.807, 2.05) is 62.4 Å². The van der Waals surface area contributed by atoms with Crippen LogP contribution in [0.25, 0.3) is 0 Å². The van der Waals surface area contributed by atoms with Gasteiger partial charge in [-0.1, -0.05) is 61.9 Å². The number of aryl methyl sites for hydroxylation is 2. The highest BCUT2D eigenvalue weighted by Crippen LogP contribution is 2.19. The SMILES string of the molecule is CCCCNC(=O)[C@@H](Cc1ccccc1)N(Cc1ccc(F)cc1)C(=O)COc1ccc(C)c(C)c1. The first-order valence-corrected chi connectivity index (χ1v) is 12.4. The summed E-state index contributed by atoms with van der Waals surface area (Å²) in [7, 11) is 0. The average Bonchev–Trinajstić information content (AvgIpc) is 2.88. The van der Waals surface area contributed by atoms with Crippen LogP contribution >= 0.6 is 0 Å². The van der Waals surface area contributed by atoms with Gasteiger partial charge < -0.3 is 15.0 Å². The van der Waals surface area contributed by atoms with Gasteiger partial charge in [-0.15, -0.1) is 0 Å². The van der Waals surface area contributed by atoms with Crippen molar-refractivity contribution in [2.75, 3.05) is 13.2 Å². The van der Waals surface area contributed by atoms with Gasteiger partial charge in [0.05, 0.1) is 0 Å². The number of halogens is 1. The number of nitrogens with zero attached hydrogens (tertiary/aromatic N) is 1. The second kappa shape index (κ2) is 13.4. The van der Waals surface area contributed by atoms with E-state index in [-0.39, 0.29) is 30.8 Å². The number of carbonyl (C=O) groups excluding carboxylic acids is 2. The number of rotatable bonds is 12. The zero-order valence-electron chi connectivity index (χ0n) is 21.3. The minimum Gasteiger partial charge on any atom is -0.484 e. The lowest BCUT2D eigenvalue weighted by Crippen LogP contribution is -2.51. The molecule has 3 aromatic carbocycles. The Morgan fingerprint density at radius 1 is 0.944 bits per heavy atom. The van der Waals surface area contributed by atoms with Crippen molar-refractivity contribution in [2.45, 2.75) is 52.6 Å². The van der Waals surface area contributed by atoms with Gasteiger partial charge in [0.1, 0.15) is 17.6 Å². The number of nitrogens with one attached hydrogen (secondary N) is 1. The van der Waals surface area contributed by atoms with Crippen LogP contribution in [-0.4, -0.2) is 35.9 Å². The summed E-state index contributed by atoms with van der Waals surface area (Å²) in [6, 6.07) is 20.5. The molecule has 0 bridgehead atoms. The maximum Gasteiger partial charge on any atom is 0.261 e. The molecular weight excluding hydrogens is 455 g/mol. The predicted octanol–water partition coefficient (Wildman–Crippen LogP) is 5.38. The molecule has 5 nitrogen and oxygen atoms in total. The van der Waals surface area contributed by atoms with E-state index < -0.39 is 6.04 Å². The third-order valence-corrected chi connectivity index (χ3v) is 6.21. The second-order valence-electron chi connectivity index (χ2n) is 9.03. The van der Waals surface area contributed by atoms with E-state index in [0.717, 1.165) is 35.1 Å². The smallest absolute Gasteiger partial charge is 0.261 e. The highest BCUT2D eigenvalue weighted by molar-refractivity contribution is 5.88. The van der Waals surface area contributed by atoms with Crippen molar-refractivity contribution < 1.29 is 18.7 Å². The van der Waals surface area contributed by atoms with Gasteiger partial charge >= 0.3 is 0 Å². The Balaban J connectivity index is 1.88. The molecular formula is C30H35FN2O3. The largest absolute Gasteiger partial charge is 0.484 e. The van der Waals surface area contributed by atoms with Gasteiger partial charge in [-0.2, -0.15) is 0 Å². The molecule has 0 saturated heterocycles. The summed E-state index contributed by atoms with van der Waals surface area (Å²) in [4.78, 5) is 28.5. The summed E-state index contributed by atoms with van der Waals surface area (Å²) in [6.07, 6.45) is 2.16. The Hall–Kier alpha value is -3.67. The normalized spacial score (nSPS) is 11.6. The molecule has 0 aliphatic heterocycles. The van der Waals surface area contributed by atoms with Gasteiger partial charge in [-0.05, 0) is 66.8 Å². The van der Waals surface area contributed by atoms with Crippen LogP contribution in [0.4, 0.5) is 4.39 Å². The summed E-state index contributed by atoms with van der Waals surface area (Å²) < 4.78 is 19.4. The minimum absolute atomic E-state index is 0.161. The molecule has 0 unspecified atom stereocenters. The van der Waals surface area contributed by atoms with Crippen molar-refractivity contribution in [1.82, 2.24) is 10.2 Å². The molecule has 0 fully saturated rings. The first kappa shape index (κ1) is 26.9. The molecule has 0 aromatic heterocycles. The predicted molar refractivity (Wildman–Crippen MR) is 140 cm³/mol. The quantitative estimate of drug-likeness (QED) is 0.347. The Morgan fingerprint density at radius 3 is 2.33 bits per heavy atom. The van der Waals surface area contributed by atoms with E-state index in [9.17, 15) is 14.0 Å². The Bertz CT molecular complexity index is 1130. The van der Waals surface area contributed by atoms with Crippen LogP contribution in [-0.2, 0) is 22.6 Å². The fraction of sp³-hybridized carbons (Fsp3) is 0.333. The van der Waals surface area contributed by atoms with Gasteiger partial charge in [0.25, 0.3) is 5.91 Å². The summed E-state index contributed by atoms with van der Waals surface area (Å²) in [5.74, 6) is -0.286. The third kappa shape index (κ3) is 7.94. The zero-order valence-corrected chi connectivity index (χ0v) is 21.3.